The zero-order chi connectivity index (χ0) is 16.9. The van der Waals surface area contributed by atoms with Gasteiger partial charge in [0, 0.05) is 51.5 Å². The molecule has 2 rings (SSSR count). The Labute approximate surface area is 136 Å². The van der Waals surface area contributed by atoms with Crippen molar-refractivity contribution < 1.29 is 13.2 Å². The molecule has 1 amide bonds. The molecule has 2 aliphatic heterocycles. The zero-order valence-corrected chi connectivity index (χ0v) is 13.9. The van der Waals surface area contributed by atoms with Gasteiger partial charge in [-0.1, -0.05) is 0 Å². The monoisotopic (exact) mass is 341 g/mol. The van der Waals surface area contributed by atoms with Gasteiger partial charge in [0.2, 0.25) is 0 Å². The Bertz CT molecular complexity index is 602. The van der Waals surface area contributed by atoms with E-state index in [1.807, 2.05) is 6.07 Å². The highest BCUT2D eigenvalue weighted by Gasteiger charge is 2.28. The van der Waals surface area contributed by atoms with Crippen LogP contribution in [0.4, 0.5) is 0 Å². The van der Waals surface area contributed by atoms with Crippen LogP contribution in [0.2, 0.25) is 0 Å². The number of carbonyl (C=O) groups is 1. The minimum absolute atomic E-state index is 0.0153. The van der Waals surface area contributed by atoms with E-state index in [0.29, 0.717) is 26.1 Å². The summed E-state index contributed by atoms with van der Waals surface area (Å²) in [6.45, 7) is 4.02. The number of nitrogens with one attached hydrogen (secondary N) is 1. The molecular weight excluding hydrogens is 318 g/mol. The minimum Gasteiger partial charge on any atom is -0.386 e. The first-order valence-electron chi connectivity index (χ1n) is 7.73. The lowest BCUT2D eigenvalue weighted by atomic mass is 10.2. The molecule has 0 aliphatic carbocycles. The molecule has 128 valence electrons. The lowest BCUT2D eigenvalue weighted by molar-refractivity contribution is -0.128. The second-order valence-electron chi connectivity index (χ2n) is 5.86. The molecule has 1 unspecified atom stereocenters. The molecular formula is C14H23N5O3S. The van der Waals surface area contributed by atoms with Gasteiger partial charge in [-0.3, -0.25) is 9.69 Å². The molecule has 9 heteroatoms. The Morgan fingerprint density at radius 3 is 2.57 bits per heavy atom. The normalized spacial score (nSPS) is 25.1. The van der Waals surface area contributed by atoms with E-state index in [1.54, 1.807) is 4.90 Å². The third-order valence-corrected chi connectivity index (χ3v) is 5.92. The van der Waals surface area contributed by atoms with E-state index < -0.39 is 9.84 Å². The maximum absolute atomic E-state index is 12.4. The lowest BCUT2D eigenvalue weighted by Gasteiger charge is -2.34. The van der Waals surface area contributed by atoms with Crippen molar-refractivity contribution >= 4 is 15.7 Å². The van der Waals surface area contributed by atoms with Gasteiger partial charge in [-0.2, -0.15) is 5.26 Å². The second-order valence-corrected chi connectivity index (χ2v) is 8.09. The van der Waals surface area contributed by atoms with Gasteiger partial charge in [0.05, 0.1) is 11.5 Å². The predicted octanol–water partition coefficient (Wildman–Crippen LogP) is -1.73. The van der Waals surface area contributed by atoms with E-state index in [1.165, 1.54) is 6.20 Å². The molecule has 0 bridgehead atoms. The topological polar surface area (TPSA) is 120 Å². The van der Waals surface area contributed by atoms with Crippen LogP contribution in [0.3, 0.4) is 0 Å². The van der Waals surface area contributed by atoms with Crippen LogP contribution in [-0.2, 0) is 14.6 Å². The molecule has 1 atom stereocenters. The maximum atomic E-state index is 12.4. The summed E-state index contributed by atoms with van der Waals surface area (Å²) in [6, 6.07) is 1.68. The van der Waals surface area contributed by atoms with Crippen LogP contribution in [0.1, 0.15) is 6.42 Å². The third kappa shape index (κ3) is 4.92. The van der Waals surface area contributed by atoms with Crippen molar-refractivity contribution in [3.05, 3.63) is 11.8 Å². The molecule has 0 saturated carbocycles. The number of sulfone groups is 1. The molecule has 8 nitrogen and oxygen atoms in total. The highest BCUT2D eigenvalue weighted by Crippen LogP contribution is 2.12. The van der Waals surface area contributed by atoms with E-state index in [2.05, 4.69) is 10.2 Å². The number of nitrogens with two attached hydrogens (primary N) is 1. The Kier molecular flexibility index (Phi) is 5.98. The van der Waals surface area contributed by atoms with Crippen LogP contribution in [0.25, 0.3) is 0 Å². The number of nitrogens with zero attached hydrogens (tertiary/aromatic N) is 3. The lowest BCUT2D eigenvalue weighted by Crippen LogP contribution is -2.50. The number of carbonyl (C=O) groups excluding carboxylic acids is 1. The van der Waals surface area contributed by atoms with Crippen molar-refractivity contribution in [2.24, 2.45) is 5.73 Å². The van der Waals surface area contributed by atoms with Crippen LogP contribution in [0.5, 0.6) is 0 Å². The molecule has 0 radical (unpaired) electrons. The van der Waals surface area contributed by atoms with Gasteiger partial charge in [-0.05, 0) is 6.42 Å². The Morgan fingerprint density at radius 2 is 2.04 bits per heavy atom. The number of hydrogen-bond acceptors (Lipinski definition) is 7. The smallest absolute Gasteiger partial charge is 0.266 e. The summed E-state index contributed by atoms with van der Waals surface area (Å²) in [5.41, 5.74) is 5.53. The summed E-state index contributed by atoms with van der Waals surface area (Å²) in [5.74, 6) is -0.112. The molecule has 23 heavy (non-hydrogen) atoms. The largest absolute Gasteiger partial charge is 0.386 e. The highest BCUT2D eigenvalue weighted by atomic mass is 32.2. The predicted molar refractivity (Wildman–Crippen MR) is 86.0 cm³/mol. The van der Waals surface area contributed by atoms with Gasteiger partial charge in [-0.25, -0.2) is 8.42 Å². The highest BCUT2D eigenvalue weighted by molar-refractivity contribution is 7.91. The Balaban J connectivity index is 1.89. The van der Waals surface area contributed by atoms with Gasteiger partial charge in [0.15, 0.2) is 9.84 Å². The minimum atomic E-state index is -2.99. The summed E-state index contributed by atoms with van der Waals surface area (Å²) in [7, 11) is -2.99. The van der Waals surface area contributed by atoms with Gasteiger partial charge < -0.3 is 16.0 Å². The molecule has 0 aromatic heterocycles. The fourth-order valence-electron chi connectivity index (χ4n) is 2.80. The number of piperazine rings is 1. The average molecular weight is 341 g/mol. The van der Waals surface area contributed by atoms with Gasteiger partial charge in [-0.15, -0.1) is 0 Å². The average Bonchev–Trinajstić information content (AvgIpc) is 2.88. The van der Waals surface area contributed by atoms with Crippen LogP contribution < -0.4 is 11.1 Å². The number of hydrogen-bond donors (Lipinski definition) is 2. The van der Waals surface area contributed by atoms with Crippen molar-refractivity contribution in [3.8, 4) is 6.07 Å². The first kappa shape index (κ1) is 17.7. The van der Waals surface area contributed by atoms with E-state index >= 15 is 0 Å². The van der Waals surface area contributed by atoms with Crippen molar-refractivity contribution in [1.82, 2.24) is 15.1 Å². The van der Waals surface area contributed by atoms with Crippen molar-refractivity contribution in [3.63, 3.8) is 0 Å². The summed E-state index contributed by atoms with van der Waals surface area (Å²) in [4.78, 5) is 16.2. The molecule has 0 spiro atoms. The molecule has 0 aromatic carbocycles. The molecule has 0 aromatic rings. The van der Waals surface area contributed by atoms with E-state index in [9.17, 15) is 18.5 Å². The van der Waals surface area contributed by atoms with Crippen LogP contribution in [0, 0.1) is 11.3 Å². The fourth-order valence-corrected chi connectivity index (χ4v) is 4.48. The summed E-state index contributed by atoms with van der Waals surface area (Å²) >= 11 is 0. The van der Waals surface area contributed by atoms with E-state index in [0.717, 1.165) is 19.6 Å². The molecule has 2 heterocycles. The summed E-state index contributed by atoms with van der Waals surface area (Å²) in [6.07, 6.45) is 1.86. The van der Waals surface area contributed by atoms with E-state index in [-0.39, 0.29) is 29.0 Å². The van der Waals surface area contributed by atoms with Crippen molar-refractivity contribution in [2.75, 3.05) is 50.8 Å². The Morgan fingerprint density at radius 1 is 1.35 bits per heavy atom. The zero-order valence-electron chi connectivity index (χ0n) is 13.1. The van der Waals surface area contributed by atoms with Gasteiger partial charge >= 0.3 is 0 Å². The molecule has 3 N–H and O–H groups in total. The quantitative estimate of drug-likeness (QED) is 0.450. The van der Waals surface area contributed by atoms with Crippen LogP contribution >= 0.6 is 0 Å². The summed E-state index contributed by atoms with van der Waals surface area (Å²) < 4.78 is 22.8. The first-order chi connectivity index (χ1) is 10.9. The van der Waals surface area contributed by atoms with Crippen molar-refractivity contribution in [1.29, 1.82) is 5.26 Å². The van der Waals surface area contributed by atoms with Gasteiger partial charge in [0.1, 0.15) is 11.6 Å². The van der Waals surface area contributed by atoms with Crippen molar-refractivity contribution in [2.45, 2.75) is 12.5 Å². The Hall–Kier alpha value is -1.63. The molecule has 2 fully saturated rings. The molecule has 2 saturated heterocycles. The number of amides is 1. The van der Waals surface area contributed by atoms with Crippen LogP contribution in [-0.4, -0.2) is 80.9 Å². The number of rotatable bonds is 5. The number of nitriles is 1. The second kappa shape index (κ2) is 7.77. The van der Waals surface area contributed by atoms with Gasteiger partial charge in [0.25, 0.3) is 5.91 Å². The summed E-state index contributed by atoms with van der Waals surface area (Å²) in [5, 5.41) is 12.1. The maximum Gasteiger partial charge on any atom is 0.266 e. The SMILES string of the molecule is N#C/C(=C/NC1CCS(=O)(=O)C1)C(=O)N1CCN(CCN)CC1. The van der Waals surface area contributed by atoms with Crippen LogP contribution in [0.15, 0.2) is 11.8 Å². The molecule has 2 aliphatic rings. The first-order valence-corrected chi connectivity index (χ1v) is 9.56. The third-order valence-electron chi connectivity index (χ3n) is 4.15. The van der Waals surface area contributed by atoms with E-state index in [4.69, 9.17) is 5.73 Å². The standard InChI is InChI=1S/C14H23N5O3S/c15-2-3-18-4-6-19(7-5-18)14(20)12(9-16)10-17-13-1-8-23(21,22)11-13/h10,13,17H,1-8,11,15H2/b12-10-. The fraction of sp³-hybridized carbons (Fsp3) is 0.714.